The van der Waals surface area contributed by atoms with Crippen LogP contribution in [0.15, 0.2) is 6.07 Å². The summed E-state index contributed by atoms with van der Waals surface area (Å²) in [6.07, 6.45) is 9.05. The van der Waals surface area contributed by atoms with E-state index in [-0.39, 0.29) is 5.91 Å². The predicted molar refractivity (Wildman–Crippen MR) is 120 cm³/mol. The van der Waals surface area contributed by atoms with E-state index in [4.69, 9.17) is 4.74 Å². The molecular formula is C22H39NO2SSn. The summed E-state index contributed by atoms with van der Waals surface area (Å²) in [5, 5.41) is 0. The first-order chi connectivity index (χ1) is 13.1. The van der Waals surface area contributed by atoms with Crippen LogP contribution >= 0.6 is 11.3 Å². The first-order valence-electron chi connectivity index (χ1n) is 11.0. The van der Waals surface area contributed by atoms with Gasteiger partial charge in [-0.2, -0.15) is 0 Å². The van der Waals surface area contributed by atoms with Gasteiger partial charge in [0.25, 0.3) is 0 Å². The zero-order chi connectivity index (χ0) is 19.7. The van der Waals surface area contributed by atoms with E-state index in [1.807, 2.05) is 16.2 Å². The average Bonchev–Trinajstić information content (AvgIpc) is 3.13. The van der Waals surface area contributed by atoms with E-state index in [1.165, 1.54) is 56.7 Å². The molecular weight excluding hydrogens is 461 g/mol. The fraction of sp³-hybridized carbons (Fsp3) is 0.773. The van der Waals surface area contributed by atoms with Crippen molar-refractivity contribution in [2.75, 3.05) is 26.8 Å². The number of amides is 1. The van der Waals surface area contributed by atoms with Crippen LogP contribution in [0.25, 0.3) is 0 Å². The van der Waals surface area contributed by atoms with Crippen molar-refractivity contribution in [3.8, 4) is 0 Å². The van der Waals surface area contributed by atoms with Crippen LogP contribution in [0.5, 0.6) is 0 Å². The first-order valence-corrected chi connectivity index (χ1v) is 19.3. The van der Waals surface area contributed by atoms with Gasteiger partial charge in [0, 0.05) is 0 Å². The summed E-state index contributed by atoms with van der Waals surface area (Å²) < 4.78 is 11.3. The zero-order valence-corrected chi connectivity index (χ0v) is 21.6. The number of carbonyl (C=O) groups is 1. The molecule has 27 heavy (non-hydrogen) atoms. The molecule has 0 aromatic carbocycles. The summed E-state index contributed by atoms with van der Waals surface area (Å²) in [7, 11) is 1.71. The van der Waals surface area contributed by atoms with Crippen molar-refractivity contribution in [3.63, 3.8) is 0 Å². The topological polar surface area (TPSA) is 29.5 Å². The monoisotopic (exact) mass is 501 g/mol. The summed E-state index contributed by atoms with van der Waals surface area (Å²) in [5.41, 5.74) is 1.03. The number of methoxy groups -OCH3 is 1. The number of nitrogens with zero attached hydrogens (tertiary/aromatic N) is 1. The Kier molecular flexibility index (Phi) is 10.2. The number of unbranched alkanes of at least 4 members (excludes halogenated alkanes) is 3. The van der Waals surface area contributed by atoms with Crippen molar-refractivity contribution >= 4 is 38.5 Å². The van der Waals surface area contributed by atoms with Crippen LogP contribution in [0.3, 0.4) is 0 Å². The Morgan fingerprint density at radius 3 is 2.19 bits per heavy atom. The molecule has 5 heteroatoms. The van der Waals surface area contributed by atoms with Gasteiger partial charge in [0.15, 0.2) is 0 Å². The van der Waals surface area contributed by atoms with Gasteiger partial charge in [-0.3, -0.25) is 0 Å². The fourth-order valence-electron chi connectivity index (χ4n) is 4.27. The first kappa shape index (κ1) is 23.2. The maximum absolute atomic E-state index is 13.0. The number of fused-ring (bicyclic) bond motifs is 1. The molecule has 2 heterocycles. The molecule has 0 atom stereocenters. The number of hydrogen-bond donors (Lipinski definition) is 0. The Morgan fingerprint density at radius 2 is 1.67 bits per heavy atom. The molecule has 0 spiro atoms. The van der Waals surface area contributed by atoms with Gasteiger partial charge in [0.05, 0.1) is 0 Å². The minimum atomic E-state index is -2.42. The van der Waals surface area contributed by atoms with E-state index in [0.29, 0.717) is 6.61 Å². The molecule has 154 valence electrons. The van der Waals surface area contributed by atoms with Crippen molar-refractivity contribution < 1.29 is 9.53 Å². The molecule has 0 radical (unpaired) electrons. The molecule has 0 saturated carbocycles. The molecule has 0 unspecified atom stereocenters. The van der Waals surface area contributed by atoms with E-state index in [9.17, 15) is 4.79 Å². The van der Waals surface area contributed by atoms with Crippen molar-refractivity contribution in [1.29, 1.82) is 0 Å². The van der Waals surface area contributed by atoms with Crippen molar-refractivity contribution in [1.82, 2.24) is 4.90 Å². The van der Waals surface area contributed by atoms with Crippen LogP contribution in [-0.4, -0.2) is 56.0 Å². The maximum atomic E-state index is 13.0. The Morgan fingerprint density at radius 1 is 1.07 bits per heavy atom. The number of carbonyl (C=O) groups excluding carboxylic acids is 1. The Balaban J connectivity index is 2.31. The third kappa shape index (κ3) is 5.96. The van der Waals surface area contributed by atoms with Crippen molar-refractivity contribution in [3.05, 3.63) is 16.5 Å². The van der Waals surface area contributed by atoms with Crippen LogP contribution in [0.1, 0.15) is 74.5 Å². The third-order valence-corrected chi connectivity index (χ3v) is 25.5. The standard InChI is InChI=1S/C10H12NO2S.3C4H9.Sn/c1-13-6-5-11-4-2-9-8(10(11)12)3-7-14-9;3*1-3-4-2;/h3H,2,4-6H2,1H3;3*1,3-4H2,2H3;. The van der Waals surface area contributed by atoms with Gasteiger partial charge in [-0.25, -0.2) is 0 Å². The van der Waals surface area contributed by atoms with E-state index in [1.54, 1.807) is 10.0 Å². The second kappa shape index (κ2) is 11.8. The molecule has 1 amide bonds. The SMILES string of the molecule is CCC[CH2][Sn]([CH2]CCC)([CH2]CCC)[c]1cc2c(s1)CCN(CCOC)C2=O. The Hall–Kier alpha value is -0.0713. The number of ether oxygens (including phenoxy) is 1. The van der Waals surface area contributed by atoms with E-state index in [0.717, 1.165) is 25.1 Å². The molecule has 2 rings (SSSR count). The molecule has 1 aromatic rings. The van der Waals surface area contributed by atoms with Crippen LogP contribution in [0.4, 0.5) is 0 Å². The molecule has 0 N–H and O–H groups in total. The molecule has 0 aliphatic carbocycles. The normalized spacial score (nSPS) is 14.7. The van der Waals surface area contributed by atoms with Crippen LogP contribution in [0.2, 0.25) is 13.3 Å². The van der Waals surface area contributed by atoms with E-state index in [2.05, 4.69) is 26.8 Å². The molecule has 0 bridgehead atoms. The summed E-state index contributed by atoms with van der Waals surface area (Å²) in [5.74, 6) is 0.248. The second-order valence-electron chi connectivity index (χ2n) is 8.07. The van der Waals surface area contributed by atoms with Gasteiger partial charge < -0.3 is 0 Å². The van der Waals surface area contributed by atoms with Crippen LogP contribution in [0, 0.1) is 0 Å². The average molecular weight is 500 g/mol. The molecule has 0 fully saturated rings. The van der Waals surface area contributed by atoms with Crippen LogP contribution in [-0.2, 0) is 11.2 Å². The summed E-state index contributed by atoms with van der Waals surface area (Å²) in [4.78, 5) is 16.4. The Labute approximate surface area is 174 Å². The summed E-state index contributed by atoms with van der Waals surface area (Å²) in [6.45, 7) is 9.18. The minimum absolute atomic E-state index is 0.248. The summed E-state index contributed by atoms with van der Waals surface area (Å²) in [6, 6.07) is 2.37. The molecule has 1 aromatic heterocycles. The van der Waals surface area contributed by atoms with Gasteiger partial charge in [-0.05, 0) is 0 Å². The van der Waals surface area contributed by atoms with Crippen molar-refractivity contribution in [2.45, 2.75) is 79.0 Å². The second-order valence-corrected chi connectivity index (χ2v) is 23.4. The Bertz CT molecular complexity index is 565. The number of rotatable bonds is 13. The molecule has 0 saturated heterocycles. The molecule has 1 aliphatic heterocycles. The van der Waals surface area contributed by atoms with E-state index < -0.39 is 18.4 Å². The quantitative estimate of drug-likeness (QED) is 0.338. The number of hydrogen-bond acceptors (Lipinski definition) is 3. The third-order valence-electron chi connectivity index (χ3n) is 6.05. The van der Waals surface area contributed by atoms with Crippen molar-refractivity contribution in [2.24, 2.45) is 0 Å². The summed E-state index contributed by atoms with van der Waals surface area (Å²) >= 11 is -0.379. The predicted octanol–water partition coefficient (Wildman–Crippen LogP) is 5.45. The number of thiophene rings is 1. The van der Waals surface area contributed by atoms with Gasteiger partial charge in [0.2, 0.25) is 0 Å². The van der Waals surface area contributed by atoms with Gasteiger partial charge >= 0.3 is 175 Å². The zero-order valence-electron chi connectivity index (χ0n) is 17.9. The van der Waals surface area contributed by atoms with Crippen LogP contribution < -0.4 is 2.89 Å². The molecule has 3 nitrogen and oxygen atoms in total. The van der Waals surface area contributed by atoms with Gasteiger partial charge in [0.1, 0.15) is 0 Å². The fourth-order valence-corrected chi connectivity index (χ4v) is 24.7. The van der Waals surface area contributed by atoms with Gasteiger partial charge in [-0.15, -0.1) is 0 Å². The van der Waals surface area contributed by atoms with Gasteiger partial charge in [-0.1, -0.05) is 0 Å². The van der Waals surface area contributed by atoms with E-state index >= 15 is 0 Å². The molecule has 1 aliphatic rings.